The Balaban J connectivity index is 2.03. The lowest BCUT2D eigenvalue weighted by molar-refractivity contribution is -0.124. The molecule has 1 aromatic rings. The Bertz CT molecular complexity index is 487. The van der Waals surface area contributed by atoms with Gasteiger partial charge in [0.05, 0.1) is 12.0 Å². The van der Waals surface area contributed by atoms with E-state index < -0.39 is 0 Å². The van der Waals surface area contributed by atoms with E-state index in [1.165, 1.54) is 0 Å². The number of nitrogens with two attached hydrogens (primary N) is 1. The van der Waals surface area contributed by atoms with Crippen LogP contribution in [0.3, 0.4) is 0 Å². The number of carbonyl (C=O) groups excluding carboxylic acids is 1. The second-order valence-corrected chi connectivity index (χ2v) is 5.35. The van der Waals surface area contributed by atoms with Gasteiger partial charge >= 0.3 is 0 Å². The fourth-order valence-electron chi connectivity index (χ4n) is 2.34. The van der Waals surface area contributed by atoms with Crippen molar-refractivity contribution >= 4 is 17.5 Å². The first-order valence-electron chi connectivity index (χ1n) is 6.60. The van der Waals surface area contributed by atoms with Crippen molar-refractivity contribution in [3.05, 3.63) is 47.0 Å². The minimum atomic E-state index is -0.108. The third kappa shape index (κ3) is 3.58. The highest BCUT2D eigenvalue weighted by Gasteiger charge is 2.24. The van der Waals surface area contributed by atoms with Crippen LogP contribution in [0, 0.1) is 5.92 Å². The summed E-state index contributed by atoms with van der Waals surface area (Å²) in [6, 6.07) is 7.61. The van der Waals surface area contributed by atoms with Gasteiger partial charge in [0.1, 0.15) is 0 Å². The summed E-state index contributed by atoms with van der Waals surface area (Å²) in [5, 5.41) is 3.76. The van der Waals surface area contributed by atoms with Gasteiger partial charge in [0.2, 0.25) is 5.91 Å². The molecule has 1 aromatic carbocycles. The van der Waals surface area contributed by atoms with Gasteiger partial charge in [0.25, 0.3) is 0 Å². The zero-order chi connectivity index (χ0) is 13.8. The van der Waals surface area contributed by atoms with Crippen molar-refractivity contribution in [1.29, 1.82) is 0 Å². The molecule has 0 aromatic heterocycles. The number of halogens is 1. The van der Waals surface area contributed by atoms with Gasteiger partial charge in [-0.3, -0.25) is 4.79 Å². The number of hydrogen-bond acceptors (Lipinski definition) is 2. The molecule has 1 amide bonds. The molecule has 0 bridgehead atoms. The molecule has 3 N–H and O–H groups in total. The summed E-state index contributed by atoms with van der Waals surface area (Å²) >= 11 is 5.99. The molecule has 0 heterocycles. The van der Waals surface area contributed by atoms with Crippen LogP contribution in [-0.4, -0.2) is 11.9 Å². The van der Waals surface area contributed by atoms with Crippen LogP contribution in [0.15, 0.2) is 36.4 Å². The summed E-state index contributed by atoms with van der Waals surface area (Å²) < 4.78 is 0. The van der Waals surface area contributed by atoms with Gasteiger partial charge in [-0.2, -0.15) is 0 Å². The van der Waals surface area contributed by atoms with E-state index in [0.29, 0.717) is 11.4 Å². The molecule has 1 aliphatic carbocycles. The lowest BCUT2D eigenvalue weighted by atomic mass is 10.0. The van der Waals surface area contributed by atoms with Gasteiger partial charge in [-0.1, -0.05) is 42.8 Å². The van der Waals surface area contributed by atoms with E-state index in [2.05, 4.69) is 5.32 Å². The second kappa shape index (κ2) is 6.22. The van der Waals surface area contributed by atoms with E-state index in [4.69, 9.17) is 17.3 Å². The van der Waals surface area contributed by atoms with Gasteiger partial charge < -0.3 is 11.1 Å². The maximum atomic E-state index is 12.2. The number of amides is 1. The fourth-order valence-corrected chi connectivity index (χ4v) is 2.54. The van der Waals surface area contributed by atoms with Crippen molar-refractivity contribution in [1.82, 2.24) is 5.32 Å². The molecule has 3 unspecified atom stereocenters. The summed E-state index contributed by atoms with van der Waals surface area (Å²) in [4.78, 5) is 12.2. The van der Waals surface area contributed by atoms with Crippen LogP contribution >= 0.6 is 11.6 Å². The summed E-state index contributed by atoms with van der Waals surface area (Å²) in [5.41, 5.74) is 6.81. The lowest BCUT2D eigenvalue weighted by Crippen LogP contribution is -2.33. The maximum Gasteiger partial charge on any atom is 0.227 e. The predicted molar refractivity (Wildman–Crippen MR) is 77.8 cm³/mol. The largest absolute Gasteiger partial charge is 0.349 e. The van der Waals surface area contributed by atoms with E-state index in [1.54, 1.807) is 0 Å². The van der Waals surface area contributed by atoms with Gasteiger partial charge in [-0.25, -0.2) is 0 Å². The third-order valence-electron chi connectivity index (χ3n) is 3.43. The SMILES string of the molecule is CCC(NC(=O)C1C=CC(N)C1)c1cccc(Cl)c1. The molecule has 3 nitrogen and oxygen atoms in total. The van der Waals surface area contributed by atoms with Crippen LogP contribution in [0.1, 0.15) is 31.4 Å². The standard InChI is InChI=1S/C15H19ClN2O/c1-2-14(10-4-3-5-12(16)8-10)18-15(19)11-6-7-13(17)9-11/h3-8,11,13-14H,2,9,17H2,1H3,(H,18,19). The minimum Gasteiger partial charge on any atom is -0.349 e. The summed E-state index contributed by atoms with van der Waals surface area (Å²) in [7, 11) is 0. The molecule has 0 fully saturated rings. The van der Waals surface area contributed by atoms with Crippen LogP contribution in [0.5, 0.6) is 0 Å². The van der Waals surface area contributed by atoms with Gasteiger partial charge in [-0.05, 0) is 30.5 Å². The molecular formula is C15H19ClN2O. The minimum absolute atomic E-state index is 0.00185. The number of rotatable bonds is 4. The number of benzene rings is 1. The van der Waals surface area contributed by atoms with Crippen LogP contribution in [-0.2, 0) is 4.79 Å². The van der Waals surface area contributed by atoms with Crippen LogP contribution in [0.25, 0.3) is 0 Å². The molecule has 2 rings (SSSR count). The molecular weight excluding hydrogens is 260 g/mol. The lowest BCUT2D eigenvalue weighted by Gasteiger charge is -2.20. The molecule has 1 aliphatic rings. The van der Waals surface area contributed by atoms with Crippen LogP contribution in [0.4, 0.5) is 0 Å². The van der Waals surface area contributed by atoms with Crippen LogP contribution < -0.4 is 11.1 Å². The predicted octanol–water partition coefficient (Wildman–Crippen LogP) is 2.81. The molecule has 0 aliphatic heterocycles. The topological polar surface area (TPSA) is 55.1 Å². The Morgan fingerprint density at radius 3 is 2.89 bits per heavy atom. The highest BCUT2D eigenvalue weighted by atomic mass is 35.5. The van der Waals surface area contributed by atoms with E-state index >= 15 is 0 Å². The fraction of sp³-hybridized carbons (Fsp3) is 0.400. The zero-order valence-corrected chi connectivity index (χ0v) is 11.7. The van der Waals surface area contributed by atoms with E-state index in [9.17, 15) is 4.79 Å². The van der Waals surface area contributed by atoms with Crippen LogP contribution in [0.2, 0.25) is 5.02 Å². The highest BCUT2D eigenvalue weighted by Crippen LogP contribution is 2.22. The Morgan fingerprint density at radius 1 is 1.53 bits per heavy atom. The van der Waals surface area contributed by atoms with Gasteiger partial charge in [-0.15, -0.1) is 0 Å². The molecule has 0 spiro atoms. The zero-order valence-electron chi connectivity index (χ0n) is 11.0. The Labute approximate surface area is 118 Å². The van der Waals surface area contributed by atoms with E-state index in [-0.39, 0.29) is 23.9 Å². The molecule has 19 heavy (non-hydrogen) atoms. The molecule has 3 atom stereocenters. The third-order valence-corrected chi connectivity index (χ3v) is 3.66. The summed E-state index contributed by atoms with van der Waals surface area (Å²) in [6.07, 6.45) is 5.31. The van der Waals surface area contributed by atoms with Crippen molar-refractivity contribution in [3.63, 3.8) is 0 Å². The Morgan fingerprint density at radius 2 is 2.32 bits per heavy atom. The van der Waals surface area contributed by atoms with Gasteiger partial charge in [0.15, 0.2) is 0 Å². The first-order chi connectivity index (χ1) is 9.10. The second-order valence-electron chi connectivity index (χ2n) is 4.92. The normalized spacial score (nSPS) is 23.3. The molecule has 102 valence electrons. The van der Waals surface area contributed by atoms with Gasteiger partial charge in [0, 0.05) is 11.1 Å². The Kier molecular flexibility index (Phi) is 4.61. The first-order valence-corrected chi connectivity index (χ1v) is 6.97. The highest BCUT2D eigenvalue weighted by molar-refractivity contribution is 6.30. The average Bonchev–Trinajstić information content (AvgIpc) is 2.82. The summed E-state index contributed by atoms with van der Waals surface area (Å²) in [6.45, 7) is 2.04. The van der Waals surface area contributed by atoms with E-state index in [1.807, 2.05) is 43.3 Å². The van der Waals surface area contributed by atoms with Crippen molar-refractivity contribution in [2.45, 2.75) is 31.8 Å². The number of nitrogens with one attached hydrogen (secondary N) is 1. The number of carbonyl (C=O) groups is 1. The monoisotopic (exact) mass is 278 g/mol. The average molecular weight is 279 g/mol. The Hall–Kier alpha value is -1.32. The number of hydrogen-bond donors (Lipinski definition) is 2. The molecule has 0 saturated carbocycles. The van der Waals surface area contributed by atoms with E-state index in [0.717, 1.165) is 12.0 Å². The van der Waals surface area contributed by atoms with Crippen molar-refractivity contribution in [2.24, 2.45) is 11.7 Å². The van der Waals surface area contributed by atoms with Crippen molar-refractivity contribution in [3.8, 4) is 0 Å². The molecule has 4 heteroatoms. The maximum absolute atomic E-state index is 12.2. The summed E-state index contributed by atoms with van der Waals surface area (Å²) in [5.74, 6) is -0.0701. The molecule has 0 saturated heterocycles. The van der Waals surface area contributed by atoms with Crippen molar-refractivity contribution < 1.29 is 4.79 Å². The quantitative estimate of drug-likeness (QED) is 0.832. The van der Waals surface area contributed by atoms with Crippen molar-refractivity contribution in [2.75, 3.05) is 0 Å². The molecule has 0 radical (unpaired) electrons. The first kappa shape index (κ1) is 14.1. The smallest absolute Gasteiger partial charge is 0.227 e.